The maximum atomic E-state index is 12.4. The largest absolute Gasteiger partial charge is 0.387 e. The maximum absolute atomic E-state index is 12.4. The highest BCUT2D eigenvalue weighted by Gasteiger charge is 2.24. The Balaban J connectivity index is 3.94. The fourth-order valence-corrected chi connectivity index (χ4v) is 6.60. The number of hydrogen-bond acceptors (Lipinski definition) is 4. The zero-order chi connectivity index (χ0) is 32.6. The number of hydrogen-bond donors (Lipinski definition) is 3. The van der Waals surface area contributed by atoms with Gasteiger partial charge in [-0.3, -0.25) is 9.35 Å². The molecule has 262 valence electrons. The maximum Gasteiger partial charge on any atom is 0.267 e. The van der Waals surface area contributed by atoms with Crippen LogP contribution in [-0.4, -0.2) is 41.9 Å². The number of carbonyl (C=O) groups is 1. The molecule has 0 saturated heterocycles. The third kappa shape index (κ3) is 32.5. The van der Waals surface area contributed by atoms with Crippen LogP contribution in [0.15, 0.2) is 12.2 Å². The summed E-state index contributed by atoms with van der Waals surface area (Å²) in [4.78, 5) is 12.4. The molecular formula is C37H73NO5S. The van der Waals surface area contributed by atoms with Crippen LogP contribution in [0.25, 0.3) is 0 Å². The highest BCUT2D eigenvalue weighted by atomic mass is 32.2. The third-order valence-electron chi connectivity index (χ3n) is 8.71. The molecule has 0 aromatic rings. The fraction of sp³-hybridized carbons (Fsp3) is 0.919. The van der Waals surface area contributed by atoms with Crippen molar-refractivity contribution in [2.75, 3.05) is 5.75 Å². The van der Waals surface area contributed by atoms with Crippen LogP contribution in [0, 0.1) is 0 Å². The lowest BCUT2D eigenvalue weighted by molar-refractivity contribution is -0.122. The number of aliphatic hydroxyl groups excluding tert-OH is 1. The minimum atomic E-state index is -4.33. The minimum absolute atomic E-state index is 0.277. The second kappa shape index (κ2) is 32.0. The Labute approximate surface area is 273 Å². The quantitative estimate of drug-likeness (QED) is 0.0368. The molecule has 2 atom stereocenters. The number of unbranched alkanes of at least 4 members (excludes halogenated alkanes) is 26. The van der Waals surface area contributed by atoms with Crippen molar-refractivity contribution >= 4 is 16.0 Å². The summed E-state index contributed by atoms with van der Waals surface area (Å²) < 4.78 is 32.3. The van der Waals surface area contributed by atoms with Gasteiger partial charge in [-0.15, -0.1) is 0 Å². The summed E-state index contributed by atoms with van der Waals surface area (Å²) in [6.07, 6.45) is 37.6. The molecule has 0 saturated carbocycles. The van der Waals surface area contributed by atoms with Gasteiger partial charge in [0.25, 0.3) is 10.1 Å². The third-order valence-corrected chi connectivity index (χ3v) is 9.49. The number of amides is 1. The van der Waals surface area contributed by atoms with E-state index in [9.17, 15) is 22.9 Å². The van der Waals surface area contributed by atoms with Gasteiger partial charge >= 0.3 is 0 Å². The minimum Gasteiger partial charge on any atom is -0.387 e. The highest BCUT2D eigenvalue weighted by molar-refractivity contribution is 7.85. The smallest absolute Gasteiger partial charge is 0.267 e. The summed E-state index contributed by atoms with van der Waals surface area (Å²) in [5, 5.41) is 13.2. The van der Waals surface area contributed by atoms with Gasteiger partial charge < -0.3 is 10.4 Å². The summed E-state index contributed by atoms with van der Waals surface area (Å²) in [6, 6.07) is -1.05. The van der Waals surface area contributed by atoms with E-state index >= 15 is 0 Å². The van der Waals surface area contributed by atoms with Gasteiger partial charge in [-0.25, -0.2) is 0 Å². The highest BCUT2D eigenvalue weighted by Crippen LogP contribution is 2.15. The van der Waals surface area contributed by atoms with E-state index in [0.717, 1.165) is 38.5 Å². The molecule has 7 heteroatoms. The van der Waals surface area contributed by atoms with Crippen molar-refractivity contribution in [3.63, 3.8) is 0 Å². The summed E-state index contributed by atoms with van der Waals surface area (Å²) in [5.41, 5.74) is 0. The predicted molar refractivity (Wildman–Crippen MR) is 189 cm³/mol. The van der Waals surface area contributed by atoms with Crippen molar-refractivity contribution in [1.82, 2.24) is 5.32 Å². The average molecular weight is 644 g/mol. The number of allylic oxidation sites excluding steroid dienone is 1. The molecule has 0 radical (unpaired) electrons. The first-order chi connectivity index (χ1) is 21.3. The van der Waals surface area contributed by atoms with Gasteiger partial charge in [0.05, 0.1) is 17.9 Å². The number of aliphatic hydroxyl groups is 1. The van der Waals surface area contributed by atoms with Crippen molar-refractivity contribution in [3.05, 3.63) is 12.2 Å². The van der Waals surface area contributed by atoms with Crippen LogP contribution in [0.2, 0.25) is 0 Å². The predicted octanol–water partition coefficient (Wildman–Crippen LogP) is 10.6. The lowest BCUT2D eigenvalue weighted by Crippen LogP contribution is -2.46. The van der Waals surface area contributed by atoms with Crippen LogP contribution >= 0.6 is 0 Å². The second-order valence-corrected chi connectivity index (χ2v) is 14.7. The van der Waals surface area contributed by atoms with Crippen molar-refractivity contribution in [3.8, 4) is 0 Å². The number of nitrogens with one attached hydrogen (secondary N) is 1. The van der Waals surface area contributed by atoms with E-state index in [1.54, 1.807) is 6.08 Å². The Morgan fingerprint density at radius 2 is 0.932 bits per heavy atom. The molecular weight excluding hydrogens is 570 g/mol. The van der Waals surface area contributed by atoms with Gasteiger partial charge in [-0.05, 0) is 19.3 Å². The Morgan fingerprint density at radius 3 is 1.30 bits per heavy atom. The van der Waals surface area contributed by atoms with Crippen molar-refractivity contribution in [2.24, 2.45) is 0 Å². The van der Waals surface area contributed by atoms with Crippen LogP contribution in [0.4, 0.5) is 0 Å². The van der Waals surface area contributed by atoms with Crippen molar-refractivity contribution in [2.45, 2.75) is 212 Å². The normalized spacial score (nSPS) is 13.5. The molecule has 0 heterocycles. The monoisotopic (exact) mass is 644 g/mol. The molecule has 0 aromatic heterocycles. The van der Waals surface area contributed by atoms with Gasteiger partial charge in [0.2, 0.25) is 5.91 Å². The standard InChI is InChI=1S/C37H73NO5S/c1-3-5-7-9-11-13-15-17-18-19-20-21-22-24-26-28-30-32-36(39)35(34-44(41,42)43)38-37(40)33-31-29-27-25-23-16-14-12-10-8-6-4-2/h30,32,35-36,39H,3-29,31,33-34H2,1-2H3,(H,38,40)(H,41,42,43)/b32-30+. The lowest BCUT2D eigenvalue weighted by Gasteiger charge is -2.21. The van der Waals surface area contributed by atoms with E-state index < -0.39 is 28.0 Å². The summed E-state index contributed by atoms with van der Waals surface area (Å²) in [7, 11) is -4.33. The SMILES string of the molecule is CCCCCCCCCCCCCCCCC/C=C/C(O)C(CS(=O)(=O)O)NC(=O)CCCCCCCCCCCCCC. The van der Waals surface area contributed by atoms with E-state index in [1.165, 1.54) is 141 Å². The fourth-order valence-electron chi connectivity index (χ4n) is 5.86. The first kappa shape index (κ1) is 43.1. The van der Waals surface area contributed by atoms with Gasteiger partial charge in [-0.1, -0.05) is 187 Å². The van der Waals surface area contributed by atoms with E-state index in [-0.39, 0.29) is 5.91 Å². The van der Waals surface area contributed by atoms with E-state index in [0.29, 0.717) is 6.42 Å². The van der Waals surface area contributed by atoms with Crippen molar-refractivity contribution < 1.29 is 22.9 Å². The van der Waals surface area contributed by atoms with Crippen LogP contribution in [0.5, 0.6) is 0 Å². The molecule has 0 aliphatic carbocycles. The Hall–Kier alpha value is -0.920. The molecule has 0 aliphatic rings. The zero-order valence-electron chi connectivity index (χ0n) is 29.1. The van der Waals surface area contributed by atoms with Crippen LogP contribution in [-0.2, 0) is 14.9 Å². The second-order valence-electron chi connectivity index (χ2n) is 13.2. The number of carbonyl (C=O) groups excluding carboxylic acids is 1. The number of rotatable bonds is 34. The Kier molecular flexibility index (Phi) is 31.4. The molecule has 0 fully saturated rings. The Morgan fingerprint density at radius 1 is 0.591 bits per heavy atom. The lowest BCUT2D eigenvalue weighted by atomic mass is 10.0. The van der Waals surface area contributed by atoms with Crippen LogP contribution in [0.1, 0.15) is 200 Å². The first-order valence-electron chi connectivity index (χ1n) is 18.9. The first-order valence-corrected chi connectivity index (χ1v) is 20.5. The van der Waals surface area contributed by atoms with Crippen LogP contribution in [0.3, 0.4) is 0 Å². The van der Waals surface area contributed by atoms with Gasteiger partial charge in [0.1, 0.15) is 0 Å². The zero-order valence-corrected chi connectivity index (χ0v) is 29.9. The molecule has 0 aromatic carbocycles. The van der Waals surface area contributed by atoms with Gasteiger partial charge in [0.15, 0.2) is 0 Å². The summed E-state index contributed by atoms with van der Waals surface area (Å²) in [6.45, 7) is 4.51. The molecule has 2 unspecified atom stereocenters. The van der Waals surface area contributed by atoms with Gasteiger partial charge in [0, 0.05) is 6.42 Å². The van der Waals surface area contributed by atoms with Crippen molar-refractivity contribution in [1.29, 1.82) is 0 Å². The average Bonchev–Trinajstić information content (AvgIpc) is 2.98. The summed E-state index contributed by atoms with van der Waals surface area (Å²) >= 11 is 0. The molecule has 0 aliphatic heterocycles. The molecule has 44 heavy (non-hydrogen) atoms. The molecule has 6 nitrogen and oxygen atoms in total. The summed E-state index contributed by atoms with van der Waals surface area (Å²) in [5.74, 6) is -0.970. The topological polar surface area (TPSA) is 104 Å². The Bertz CT molecular complexity index is 755. The van der Waals surface area contributed by atoms with Gasteiger partial charge in [-0.2, -0.15) is 8.42 Å². The molecule has 0 spiro atoms. The molecule has 0 rings (SSSR count). The molecule has 0 bridgehead atoms. The van der Waals surface area contributed by atoms with E-state index in [4.69, 9.17) is 0 Å². The molecule has 1 amide bonds. The van der Waals surface area contributed by atoms with Crippen LogP contribution < -0.4 is 5.32 Å². The molecule has 3 N–H and O–H groups in total. The van der Waals surface area contributed by atoms with E-state index in [2.05, 4.69) is 19.2 Å². The van der Waals surface area contributed by atoms with E-state index in [1.807, 2.05) is 6.08 Å².